The third-order valence-corrected chi connectivity index (χ3v) is 11.3. The third-order valence-electron chi connectivity index (χ3n) is 8.22. The van der Waals surface area contributed by atoms with Crippen LogP contribution in [0.2, 0.25) is 0 Å². The van der Waals surface area contributed by atoms with E-state index in [1.54, 1.807) is 14.0 Å². The van der Waals surface area contributed by atoms with Gasteiger partial charge in [-0.2, -0.15) is 12.7 Å². The third kappa shape index (κ3) is 9.11. The molecule has 0 aliphatic carbocycles. The van der Waals surface area contributed by atoms with E-state index in [1.807, 2.05) is 13.8 Å². The highest BCUT2D eigenvalue weighted by atomic mass is 32.2. The van der Waals surface area contributed by atoms with Crippen molar-refractivity contribution in [2.45, 2.75) is 68.2 Å². The number of benzene rings is 2. The predicted molar refractivity (Wildman–Crippen MR) is 177 cm³/mol. The van der Waals surface area contributed by atoms with Crippen LogP contribution in [0, 0.1) is 11.7 Å². The Bertz CT molecular complexity index is 1770. The lowest BCUT2D eigenvalue weighted by Crippen LogP contribution is -2.48. The Balaban J connectivity index is 1.67. The van der Waals surface area contributed by atoms with E-state index in [9.17, 15) is 31.1 Å². The number of carbonyl (C=O) groups is 1. The van der Waals surface area contributed by atoms with E-state index in [0.29, 0.717) is 19.4 Å². The topological polar surface area (TPSA) is 160 Å². The molecule has 4 atom stereocenters. The molecule has 0 fully saturated rings. The Morgan fingerprint density at radius 3 is 2.48 bits per heavy atom. The summed E-state index contributed by atoms with van der Waals surface area (Å²) in [7, 11) is -4.99. The van der Waals surface area contributed by atoms with Crippen molar-refractivity contribution in [3.05, 3.63) is 66.4 Å². The van der Waals surface area contributed by atoms with Crippen LogP contribution in [0.25, 0.3) is 0 Å². The van der Waals surface area contributed by atoms with Gasteiger partial charge in [-0.25, -0.2) is 17.8 Å². The van der Waals surface area contributed by atoms with Crippen LogP contribution in [0.5, 0.6) is 5.75 Å². The molecule has 1 aliphatic heterocycles. The van der Waals surface area contributed by atoms with E-state index in [0.717, 1.165) is 22.9 Å². The molecule has 1 amide bonds. The summed E-state index contributed by atoms with van der Waals surface area (Å²) in [6, 6.07) is 8.34. The molecular weight excluding hydrogens is 666 g/mol. The average Bonchev–Trinajstić information content (AvgIpc) is 3.49. The summed E-state index contributed by atoms with van der Waals surface area (Å²) in [6.45, 7) is 5.35. The molecule has 264 valence electrons. The van der Waals surface area contributed by atoms with Crippen LogP contribution in [0.3, 0.4) is 0 Å². The molecule has 2 heterocycles. The van der Waals surface area contributed by atoms with Crippen LogP contribution in [-0.2, 0) is 31.8 Å². The molecular formula is C32H44FN5O8S2. The second-order valence-corrected chi connectivity index (χ2v) is 15.9. The van der Waals surface area contributed by atoms with Crippen molar-refractivity contribution in [3.8, 4) is 5.75 Å². The van der Waals surface area contributed by atoms with Crippen molar-refractivity contribution >= 4 is 31.6 Å². The Labute approximate surface area is 281 Å². The second kappa shape index (κ2) is 15.8. The molecule has 0 radical (unpaired) electrons. The zero-order chi connectivity index (χ0) is 35.2. The van der Waals surface area contributed by atoms with Crippen LogP contribution in [0.15, 0.2) is 64.9 Å². The molecule has 16 heteroatoms. The molecule has 0 unspecified atom stereocenters. The number of ether oxygens (including phenoxy) is 2. The molecule has 0 bridgehead atoms. The zero-order valence-electron chi connectivity index (χ0n) is 27.7. The maximum Gasteiger partial charge on any atom is 0.280 e. The van der Waals surface area contributed by atoms with Gasteiger partial charge in [-0.15, -0.1) is 0 Å². The second-order valence-electron chi connectivity index (χ2n) is 12.2. The van der Waals surface area contributed by atoms with Crippen LogP contribution in [0.1, 0.15) is 50.4 Å². The van der Waals surface area contributed by atoms with E-state index in [-0.39, 0.29) is 52.7 Å². The highest BCUT2D eigenvalue weighted by Crippen LogP contribution is 2.29. The van der Waals surface area contributed by atoms with Gasteiger partial charge in [0.05, 0.1) is 41.6 Å². The van der Waals surface area contributed by atoms with Gasteiger partial charge in [0.15, 0.2) is 5.03 Å². The Morgan fingerprint density at radius 2 is 1.83 bits per heavy atom. The number of aliphatic hydroxyl groups is 1. The lowest BCUT2D eigenvalue weighted by Gasteiger charge is -2.35. The summed E-state index contributed by atoms with van der Waals surface area (Å²) in [5.74, 6) is -1.24. The molecule has 0 spiro atoms. The van der Waals surface area contributed by atoms with Crippen molar-refractivity contribution < 1.29 is 40.6 Å². The molecule has 4 rings (SSSR count). The lowest BCUT2D eigenvalue weighted by molar-refractivity contribution is -0.00834. The summed E-state index contributed by atoms with van der Waals surface area (Å²) in [6.07, 6.45) is 3.78. The summed E-state index contributed by atoms with van der Waals surface area (Å²) in [4.78, 5) is 19.6. The number of imidazole rings is 1. The molecule has 2 N–H and O–H groups in total. The van der Waals surface area contributed by atoms with Gasteiger partial charge in [0.1, 0.15) is 11.6 Å². The largest absolute Gasteiger partial charge is 0.490 e. The van der Waals surface area contributed by atoms with Crippen LogP contribution < -0.4 is 9.46 Å². The first-order valence-electron chi connectivity index (χ1n) is 15.7. The number of rotatable bonds is 9. The number of halogens is 1. The number of likely N-dealkylation sites (N-methyl/N-ethyl adjacent to an activating group) is 1. The van der Waals surface area contributed by atoms with E-state index < -0.39 is 49.8 Å². The smallest absolute Gasteiger partial charge is 0.280 e. The summed E-state index contributed by atoms with van der Waals surface area (Å²) >= 11 is 0. The van der Waals surface area contributed by atoms with Crippen molar-refractivity contribution in [1.82, 2.24) is 18.8 Å². The maximum absolute atomic E-state index is 14.3. The Hall–Kier alpha value is -3.57. The minimum absolute atomic E-state index is 0.0496. The van der Waals surface area contributed by atoms with Crippen molar-refractivity contribution in [3.63, 3.8) is 0 Å². The Kier molecular flexibility index (Phi) is 12.2. The number of aromatic nitrogens is 2. The lowest BCUT2D eigenvalue weighted by atomic mass is 10.0. The fourth-order valence-electron chi connectivity index (χ4n) is 5.32. The summed E-state index contributed by atoms with van der Waals surface area (Å²) < 4.78 is 83.8. The van der Waals surface area contributed by atoms with Gasteiger partial charge in [-0.1, -0.05) is 6.92 Å². The minimum atomic E-state index is -4.07. The van der Waals surface area contributed by atoms with Gasteiger partial charge in [0.2, 0.25) is 10.0 Å². The number of aliphatic hydroxyl groups excluding tert-OH is 1. The number of anilines is 1. The van der Waals surface area contributed by atoms with Gasteiger partial charge < -0.3 is 24.0 Å². The van der Waals surface area contributed by atoms with Crippen molar-refractivity contribution in [2.75, 3.05) is 38.1 Å². The number of hydrogen-bond donors (Lipinski definition) is 2. The maximum atomic E-state index is 14.3. The molecule has 0 saturated heterocycles. The molecule has 13 nitrogen and oxygen atoms in total. The Morgan fingerprint density at radius 1 is 1.12 bits per heavy atom. The first kappa shape index (κ1) is 37.3. The van der Waals surface area contributed by atoms with Gasteiger partial charge in [0.25, 0.3) is 15.9 Å². The monoisotopic (exact) mass is 709 g/mol. The predicted octanol–water partition coefficient (Wildman–Crippen LogP) is 3.48. The highest BCUT2D eigenvalue weighted by Gasteiger charge is 2.33. The van der Waals surface area contributed by atoms with E-state index in [4.69, 9.17) is 9.47 Å². The first-order valence-corrected chi connectivity index (χ1v) is 18.6. The normalized spacial score (nSPS) is 20.9. The number of hydrogen-bond acceptors (Lipinski definition) is 9. The van der Waals surface area contributed by atoms with Crippen molar-refractivity contribution in [2.24, 2.45) is 13.0 Å². The van der Waals surface area contributed by atoms with Gasteiger partial charge in [-0.05, 0) is 75.6 Å². The van der Waals surface area contributed by atoms with E-state index >= 15 is 0 Å². The summed E-state index contributed by atoms with van der Waals surface area (Å²) in [5, 5.41) is 9.99. The molecule has 3 aromatic rings. The van der Waals surface area contributed by atoms with Gasteiger partial charge >= 0.3 is 0 Å². The zero-order valence-corrected chi connectivity index (χ0v) is 29.4. The quantitative estimate of drug-likeness (QED) is 0.339. The van der Waals surface area contributed by atoms with Crippen molar-refractivity contribution in [1.29, 1.82) is 0 Å². The number of nitrogens with one attached hydrogen (secondary N) is 1. The van der Waals surface area contributed by atoms with Crippen LogP contribution >= 0.6 is 0 Å². The van der Waals surface area contributed by atoms with Gasteiger partial charge in [-0.3, -0.25) is 9.52 Å². The molecule has 1 aromatic heterocycles. The first-order chi connectivity index (χ1) is 22.6. The summed E-state index contributed by atoms with van der Waals surface area (Å²) in [5.41, 5.74) is 0.199. The van der Waals surface area contributed by atoms with E-state index in [2.05, 4.69) is 9.71 Å². The van der Waals surface area contributed by atoms with Crippen LogP contribution in [0.4, 0.5) is 10.1 Å². The number of sulfonamides is 2. The molecule has 48 heavy (non-hydrogen) atoms. The molecule has 2 aromatic carbocycles. The van der Waals surface area contributed by atoms with Gasteiger partial charge in [0, 0.05) is 51.6 Å². The SMILES string of the molecule is C[C@@H]1CN([C@H](C)CO)C(=O)c2cc(NS(=O)(=O)c3cn(C)cn3)ccc2O[C@@H](C)CCCCO[C@@H]1CN(C)S(=O)(=O)c1ccc(F)cc1. The fraction of sp³-hybridized carbons (Fsp3) is 0.500. The average molecular weight is 710 g/mol. The number of nitrogens with zero attached hydrogens (tertiary/aromatic N) is 4. The number of fused-ring (bicyclic) bond motifs is 1. The number of amides is 1. The van der Waals surface area contributed by atoms with E-state index in [1.165, 1.54) is 59.4 Å². The molecule has 1 aliphatic rings. The standard InChI is InChI=1S/C32H44FN5O8S2/c1-22-17-38(23(2)20-39)32(40)28-16-26(35-47(41,42)31-19-36(4)21-34-31)11-14-29(28)46-24(3)8-6-7-15-45-30(22)18-37(5)48(43,44)27-12-9-25(33)10-13-27/h9-14,16,19,21-24,30,35,39H,6-8,15,17-18,20H2,1-5H3/t22-,23-,24+,30-/m1/s1. The molecule has 0 saturated carbocycles. The number of aryl methyl sites for hydroxylation is 1. The minimum Gasteiger partial charge on any atom is -0.490 e. The van der Waals surface area contributed by atoms with Crippen LogP contribution in [-0.4, -0.2) is 98.2 Å². The number of carbonyl (C=O) groups excluding carboxylic acids is 1. The highest BCUT2D eigenvalue weighted by molar-refractivity contribution is 7.92. The fourth-order valence-corrected chi connectivity index (χ4v) is 7.54.